The molecular formula is C16H20ClFN4. The molecule has 0 unspecified atom stereocenters. The molecule has 1 aromatic heterocycles. The lowest BCUT2D eigenvalue weighted by molar-refractivity contribution is 0.156. The number of nitrogens with zero attached hydrogens (tertiary/aromatic N) is 4. The van der Waals surface area contributed by atoms with Gasteiger partial charge in [0.25, 0.3) is 0 Å². The van der Waals surface area contributed by atoms with Gasteiger partial charge in [0.05, 0.1) is 23.1 Å². The quantitative estimate of drug-likeness (QED) is 0.865. The SMILES string of the molecule is CN(C)C[C@@H]1CN(Cc2ccc(Cl)c(F)c2)Cc2cncn21. The number of benzene rings is 1. The largest absolute Gasteiger partial charge is 0.328 e. The van der Waals surface area contributed by atoms with Gasteiger partial charge in [-0.25, -0.2) is 9.37 Å². The van der Waals surface area contributed by atoms with E-state index in [9.17, 15) is 4.39 Å². The Bertz CT molecular complexity index is 655. The van der Waals surface area contributed by atoms with Gasteiger partial charge in [-0.3, -0.25) is 4.90 Å². The van der Waals surface area contributed by atoms with Crippen LogP contribution in [-0.2, 0) is 13.1 Å². The highest BCUT2D eigenvalue weighted by Gasteiger charge is 2.25. The van der Waals surface area contributed by atoms with E-state index in [0.717, 1.165) is 25.2 Å². The maximum absolute atomic E-state index is 13.6. The minimum absolute atomic E-state index is 0.172. The average molecular weight is 323 g/mol. The Labute approximate surface area is 135 Å². The third-order valence-corrected chi connectivity index (χ3v) is 4.27. The lowest BCUT2D eigenvalue weighted by Gasteiger charge is -2.35. The second-order valence-corrected chi connectivity index (χ2v) is 6.53. The van der Waals surface area contributed by atoms with Crippen molar-refractivity contribution in [3.63, 3.8) is 0 Å². The lowest BCUT2D eigenvalue weighted by Crippen LogP contribution is -2.40. The predicted molar refractivity (Wildman–Crippen MR) is 85.3 cm³/mol. The average Bonchev–Trinajstić information content (AvgIpc) is 2.91. The molecule has 0 saturated carbocycles. The molecular weight excluding hydrogens is 303 g/mol. The molecule has 3 rings (SSSR count). The Morgan fingerprint density at radius 3 is 2.95 bits per heavy atom. The molecule has 0 bridgehead atoms. The summed E-state index contributed by atoms with van der Waals surface area (Å²) in [5.41, 5.74) is 2.14. The standard InChI is InChI=1S/C16H20ClFN4/c1-20(2)8-14-10-21(9-13-6-19-11-22(13)14)7-12-3-4-15(17)16(18)5-12/h3-6,11,14H,7-10H2,1-2H3/t14-/m1/s1. The van der Waals surface area contributed by atoms with Gasteiger partial charge in [0, 0.05) is 32.4 Å². The van der Waals surface area contributed by atoms with E-state index in [2.05, 4.69) is 33.4 Å². The first-order valence-electron chi connectivity index (χ1n) is 7.34. The number of halogens is 2. The number of imidazole rings is 1. The van der Waals surface area contributed by atoms with Crippen molar-refractivity contribution in [3.8, 4) is 0 Å². The van der Waals surface area contributed by atoms with Crippen LogP contribution >= 0.6 is 11.6 Å². The number of likely N-dealkylation sites (N-methyl/N-ethyl adjacent to an activating group) is 1. The monoisotopic (exact) mass is 322 g/mol. The van der Waals surface area contributed by atoms with Crippen molar-refractivity contribution in [3.05, 3.63) is 52.8 Å². The molecule has 0 aliphatic carbocycles. The number of rotatable bonds is 4. The van der Waals surface area contributed by atoms with E-state index in [-0.39, 0.29) is 10.8 Å². The van der Waals surface area contributed by atoms with Gasteiger partial charge in [0.1, 0.15) is 5.82 Å². The smallest absolute Gasteiger partial charge is 0.142 e. The number of hydrogen-bond acceptors (Lipinski definition) is 3. The van der Waals surface area contributed by atoms with E-state index >= 15 is 0 Å². The van der Waals surface area contributed by atoms with Crippen LogP contribution in [0.1, 0.15) is 17.3 Å². The molecule has 2 heterocycles. The predicted octanol–water partition coefficient (Wildman–Crippen LogP) is 2.79. The molecule has 22 heavy (non-hydrogen) atoms. The van der Waals surface area contributed by atoms with Gasteiger partial charge in [0.2, 0.25) is 0 Å². The summed E-state index contributed by atoms with van der Waals surface area (Å²) in [4.78, 5) is 8.78. The molecule has 0 radical (unpaired) electrons. The van der Waals surface area contributed by atoms with Crippen molar-refractivity contribution in [2.75, 3.05) is 27.2 Å². The van der Waals surface area contributed by atoms with Crippen molar-refractivity contribution in [1.82, 2.24) is 19.4 Å². The number of hydrogen-bond donors (Lipinski definition) is 0. The van der Waals surface area contributed by atoms with E-state index in [1.807, 2.05) is 18.6 Å². The summed E-state index contributed by atoms with van der Waals surface area (Å²) in [6.07, 6.45) is 3.82. The van der Waals surface area contributed by atoms with Crippen LogP contribution in [0.15, 0.2) is 30.7 Å². The van der Waals surface area contributed by atoms with Crippen LogP contribution in [0.2, 0.25) is 5.02 Å². The minimum Gasteiger partial charge on any atom is -0.328 e. The molecule has 1 aliphatic rings. The molecule has 0 saturated heterocycles. The van der Waals surface area contributed by atoms with E-state index in [1.165, 1.54) is 11.8 Å². The van der Waals surface area contributed by atoms with E-state index in [4.69, 9.17) is 11.6 Å². The molecule has 4 nitrogen and oxygen atoms in total. The zero-order valence-electron chi connectivity index (χ0n) is 12.8. The summed E-state index contributed by atoms with van der Waals surface area (Å²) >= 11 is 5.75. The van der Waals surface area contributed by atoms with Gasteiger partial charge in [-0.1, -0.05) is 17.7 Å². The first kappa shape index (κ1) is 15.5. The van der Waals surface area contributed by atoms with Crippen LogP contribution in [0.25, 0.3) is 0 Å². The molecule has 0 amide bonds. The first-order valence-corrected chi connectivity index (χ1v) is 7.72. The number of aromatic nitrogens is 2. The zero-order chi connectivity index (χ0) is 15.7. The van der Waals surface area contributed by atoms with E-state index < -0.39 is 0 Å². The van der Waals surface area contributed by atoms with Gasteiger partial charge >= 0.3 is 0 Å². The van der Waals surface area contributed by atoms with Crippen LogP contribution in [0.3, 0.4) is 0 Å². The molecule has 1 aromatic carbocycles. The number of fused-ring (bicyclic) bond motifs is 1. The Hall–Kier alpha value is -1.43. The molecule has 6 heteroatoms. The molecule has 1 aliphatic heterocycles. The third kappa shape index (κ3) is 3.32. The summed E-state index contributed by atoms with van der Waals surface area (Å²) in [6, 6.07) is 5.39. The molecule has 118 valence electrons. The van der Waals surface area contributed by atoms with Gasteiger partial charge in [-0.15, -0.1) is 0 Å². The Balaban J connectivity index is 1.76. The summed E-state index contributed by atoms with van der Waals surface area (Å²) < 4.78 is 15.8. The van der Waals surface area contributed by atoms with Gasteiger partial charge in [-0.05, 0) is 31.8 Å². The molecule has 0 N–H and O–H groups in total. The van der Waals surface area contributed by atoms with Crippen molar-refractivity contribution in [2.45, 2.75) is 19.1 Å². The van der Waals surface area contributed by atoms with Crippen molar-refractivity contribution in [2.24, 2.45) is 0 Å². The second-order valence-electron chi connectivity index (χ2n) is 6.13. The maximum Gasteiger partial charge on any atom is 0.142 e. The molecule has 0 spiro atoms. The normalized spacial score (nSPS) is 18.7. The van der Waals surface area contributed by atoms with Gasteiger partial charge in [-0.2, -0.15) is 0 Å². The molecule has 0 fully saturated rings. The Kier molecular flexibility index (Phi) is 4.47. The van der Waals surface area contributed by atoms with Crippen LogP contribution in [0.4, 0.5) is 4.39 Å². The van der Waals surface area contributed by atoms with E-state index in [1.54, 1.807) is 6.07 Å². The van der Waals surface area contributed by atoms with Crippen molar-refractivity contribution < 1.29 is 4.39 Å². The van der Waals surface area contributed by atoms with Gasteiger partial charge < -0.3 is 9.47 Å². The van der Waals surface area contributed by atoms with Crippen LogP contribution in [0, 0.1) is 5.82 Å². The molecule has 1 atom stereocenters. The van der Waals surface area contributed by atoms with Crippen molar-refractivity contribution in [1.29, 1.82) is 0 Å². The van der Waals surface area contributed by atoms with Crippen LogP contribution in [0.5, 0.6) is 0 Å². The summed E-state index contributed by atoms with van der Waals surface area (Å²) in [5.74, 6) is -0.356. The Morgan fingerprint density at radius 1 is 1.41 bits per heavy atom. The molecule has 2 aromatic rings. The fraction of sp³-hybridized carbons (Fsp3) is 0.438. The van der Waals surface area contributed by atoms with Crippen LogP contribution in [-0.4, -0.2) is 46.5 Å². The maximum atomic E-state index is 13.6. The van der Waals surface area contributed by atoms with Gasteiger partial charge in [0.15, 0.2) is 0 Å². The van der Waals surface area contributed by atoms with Crippen molar-refractivity contribution >= 4 is 11.6 Å². The lowest BCUT2D eigenvalue weighted by atomic mass is 10.1. The minimum atomic E-state index is -0.356. The first-order chi connectivity index (χ1) is 10.5. The fourth-order valence-electron chi connectivity index (χ4n) is 3.05. The van der Waals surface area contributed by atoms with Crippen LogP contribution < -0.4 is 0 Å². The fourth-order valence-corrected chi connectivity index (χ4v) is 3.16. The second kappa shape index (κ2) is 6.36. The van der Waals surface area contributed by atoms with E-state index in [0.29, 0.717) is 12.6 Å². The summed E-state index contributed by atoms with van der Waals surface area (Å²) in [6.45, 7) is 3.41. The summed E-state index contributed by atoms with van der Waals surface area (Å²) in [7, 11) is 4.15. The summed E-state index contributed by atoms with van der Waals surface area (Å²) in [5, 5.41) is 0.172. The highest BCUT2D eigenvalue weighted by Crippen LogP contribution is 2.24. The highest BCUT2D eigenvalue weighted by molar-refractivity contribution is 6.30. The zero-order valence-corrected chi connectivity index (χ0v) is 13.6. The highest BCUT2D eigenvalue weighted by atomic mass is 35.5. The third-order valence-electron chi connectivity index (χ3n) is 3.96. The Morgan fingerprint density at radius 2 is 2.23 bits per heavy atom. The topological polar surface area (TPSA) is 24.3 Å².